The molecule has 1 N–H and O–H groups in total. The Morgan fingerprint density at radius 2 is 2.00 bits per heavy atom. The molecule has 3 aromatic rings. The van der Waals surface area contributed by atoms with Crippen LogP contribution in [-0.2, 0) is 11.2 Å². The summed E-state index contributed by atoms with van der Waals surface area (Å²) < 4.78 is 10.0. The van der Waals surface area contributed by atoms with Crippen LogP contribution in [0.15, 0.2) is 39.5 Å². The van der Waals surface area contributed by atoms with E-state index in [9.17, 15) is 14.4 Å². The van der Waals surface area contributed by atoms with Crippen LogP contribution in [0.25, 0.3) is 11.0 Å². The number of hydrogen-bond donors (Lipinski definition) is 1. The Labute approximate surface area is 153 Å². The van der Waals surface area contributed by atoms with E-state index in [1.807, 2.05) is 13.8 Å². The predicted molar refractivity (Wildman–Crippen MR) is 100 cm³/mol. The van der Waals surface area contributed by atoms with Crippen molar-refractivity contribution in [3.05, 3.63) is 62.3 Å². The van der Waals surface area contributed by atoms with E-state index >= 15 is 0 Å². The summed E-state index contributed by atoms with van der Waals surface area (Å²) in [6, 6.07) is 8.42. The van der Waals surface area contributed by atoms with E-state index in [1.165, 1.54) is 24.5 Å². The molecule has 0 atom stereocenters. The molecule has 0 saturated carbocycles. The van der Waals surface area contributed by atoms with Crippen LogP contribution in [0.5, 0.6) is 0 Å². The molecule has 0 aliphatic carbocycles. The summed E-state index contributed by atoms with van der Waals surface area (Å²) in [6.45, 7) is 3.79. The Kier molecular flexibility index (Phi) is 4.90. The molecule has 1 amide bonds. The van der Waals surface area contributed by atoms with E-state index < -0.39 is 17.5 Å². The van der Waals surface area contributed by atoms with Gasteiger partial charge >= 0.3 is 11.6 Å². The Hall–Kier alpha value is -2.93. The van der Waals surface area contributed by atoms with Crippen molar-refractivity contribution in [3.63, 3.8) is 0 Å². The molecule has 0 fully saturated rings. The predicted octanol–water partition coefficient (Wildman–Crippen LogP) is 3.76. The molecule has 0 spiro atoms. The van der Waals surface area contributed by atoms with Gasteiger partial charge < -0.3 is 14.5 Å². The van der Waals surface area contributed by atoms with Crippen LogP contribution in [0.4, 0.5) is 5.00 Å². The number of esters is 1. The minimum absolute atomic E-state index is 0.122. The number of para-hydroxylation sites is 1. The number of thiophene rings is 1. The molecule has 1 aromatic carbocycles. The van der Waals surface area contributed by atoms with Crippen LogP contribution in [-0.4, -0.2) is 19.0 Å². The maximum Gasteiger partial charge on any atom is 0.349 e. The maximum atomic E-state index is 12.6. The average molecular weight is 371 g/mol. The Morgan fingerprint density at radius 1 is 1.27 bits per heavy atom. The summed E-state index contributed by atoms with van der Waals surface area (Å²) >= 11 is 1.28. The molecule has 26 heavy (non-hydrogen) atoms. The lowest BCUT2D eigenvalue weighted by molar-refractivity contribution is 0.0601. The van der Waals surface area contributed by atoms with Crippen LogP contribution in [0, 0.1) is 6.92 Å². The van der Waals surface area contributed by atoms with Gasteiger partial charge in [0.2, 0.25) is 0 Å². The average Bonchev–Trinajstić information content (AvgIpc) is 2.95. The van der Waals surface area contributed by atoms with Crippen molar-refractivity contribution in [2.45, 2.75) is 20.3 Å². The van der Waals surface area contributed by atoms with Gasteiger partial charge in [0.15, 0.2) is 0 Å². The summed E-state index contributed by atoms with van der Waals surface area (Å²) in [6.07, 6.45) is 0.626. The van der Waals surface area contributed by atoms with Gasteiger partial charge in [-0.25, -0.2) is 9.59 Å². The van der Waals surface area contributed by atoms with Gasteiger partial charge in [0.25, 0.3) is 5.91 Å². The number of benzene rings is 1. The first-order valence-corrected chi connectivity index (χ1v) is 8.82. The summed E-state index contributed by atoms with van der Waals surface area (Å²) in [5.41, 5.74) is 0.705. The Morgan fingerprint density at radius 3 is 2.69 bits per heavy atom. The maximum absolute atomic E-state index is 12.6. The molecule has 0 saturated heterocycles. The molecule has 3 rings (SSSR count). The van der Waals surface area contributed by atoms with Crippen molar-refractivity contribution in [1.82, 2.24) is 0 Å². The largest absolute Gasteiger partial charge is 0.465 e. The normalized spacial score (nSPS) is 10.7. The molecule has 2 heterocycles. The molecule has 0 radical (unpaired) electrons. The third kappa shape index (κ3) is 3.13. The van der Waals surface area contributed by atoms with Gasteiger partial charge in [-0.2, -0.15) is 0 Å². The van der Waals surface area contributed by atoms with Crippen LogP contribution < -0.4 is 10.9 Å². The van der Waals surface area contributed by atoms with E-state index in [1.54, 1.807) is 24.3 Å². The fraction of sp³-hybridized carbons (Fsp3) is 0.211. The van der Waals surface area contributed by atoms with E-state index in [4.69, 9.17) is 9.15 Å². The van der Waals surface area contributed by atoms with E-state index in [0.29, 0.717) is 28.0 Å². The number of amides is 1. The minimum Gasteiger partial charge on any atom is -0.465 e. The zero-order valence-electron chi connectivity index (χ0n) is 14.5. The number of carbonyl (C=O) groups excluding carboxylic acids is 2. The lowest BCUT2D eigenvalue weighted by atomic mass is 10.1. The standard InChI is InChI=1S/C19H17NO5S/c1-4-12-10(2)26-17(15(12)19(23)24-3)20-16(21)13-9-11-7-5-6-8-14(11)25-18(13)22/h5-9H,4H2,1-3H3,(H,20,21). The number of fused-ring (bicyclic) bond motifs is 1. The summed E-state index contributed by atoms with van der Waals surface area (Å²) in [5.74, 6) is -1.15. The lowest BCUT2D eigenvalue weighted by Crippen LogP contribution is -2.21. The quantitative estimate of drug-likeness (QED) is 0.557. The smallest absolute Gasteiger partial charge is 0.349 e. The van der Waals surface area contributed by atoms with Gasteiger partial charge in [0.1, 0.15) is 16.1 Å². The number of nitrogens with one attached hydrogen (secondary N) is 1. The number of hydrogen-bond acceptors (Lipinski definition) is 6. The molecule has 7 heteroatoms. The monoisotopic (exact) mass is 371 g/mol. The van der Waals surface area contributed by atoms with Crippen molar-refractivity contribution in [2.24, 2.45) is 0 Å². The summed E-state index contributed by atoms with van der Waals surface area (Å²) in [4.78, 5) is 37.8. The number of anilines is 1. The SMILES string of the molecule is CCc1c(C)sc(NC(=O)c2cc3ccccc3oc2=O)c1C(=O)OC. The van der Waals surface area contributed by atoms with Crippen LogP contribution in [0.2, 0.25) is 0 Å². The van der Waals surface area contributed by atoms with Gasteiger partial charge in [-0.05, 0) is 31.0 Å². The Balaban J connectivity index is 2.02. The van der Waals surface area contributed by atoms with Crippen molar-refractivity contribution in [1.29, 1.82) is 0 Å². The van der Waals surface area contributed by atoms with Gasteiger partial charge in [-0.1, -0.05) is 25.1 Å². The highest BCUT2D eigenvalue weighted by atomic mass is 32.1. The first-order valence-electron chi connectivity index (χ1n) is 8.01. The summed E-state index contributed by atoms with van der Waals surface area (Å²) in [5, 5.41) is 3.67. The number of methoxy groups -OCH3 is 1. The lowest BCUT2D eigenvalue weighted by Gasteiger charge is -2.07. The summed E-state index contributed by atoms with van der Waals surface area (Å²) in [7, 11) is 1.29. The van der Waals surface area contributed by atoms with Crippen molar-refractivity contribution in [2.75, 3.05) is 12.4 Å². The second-order valence-electron chi connectivity index (χ2n) is 5.63. The molecule has 0 unspecified atom stereocenters. The molecule has 0 aliphatic rings. The number of carbonyl (C=O) groups is 2. The van der Waals surface area contributed by atoms with Gasteiger partial charge in [0, 0.05) is 10.3 Å². The van der Waals surface area contributed by atoms with Crippen molar-refractivity contribution in [3.8, 4) is 0 Å². The molecule has 0 aliphatic heterocycles. The molecule has 134 valence electrons. The number of aryl methyl sites for hydroxylation is 1. The van der Waals surface area contributed by atoms with E-state index in [2.05, 4.69) is 5.32 Å². The van der Waals surface area contributed by atoms with Gasteiger partial charge in [-0.3, -0.25) is 4.79 Å². The molecular weight excluding hydrogens is 354 g/mol. The van der Waals surface area contributed by atoms with Crippen molar-refractivity contribution < 1.29 is 18.7 Å². The second-order valence-corrected chi connectivity index (χ2v) is 6.85. The fourth-order valence-corrected chi connectivity index (χ4v) is 3.93. The van der Waals surface area contributed by atoms with Crippen molar-refractivity contribution >= 4 is 39.2 Å². The highest BCUT2D eigenvalue weighted by Crippen LogP contribution is 2.34. The topological polar surface area (TPSA) is 85.6 Å². The second kappa shape index (κ2) is 7.13. The highest BCUT2D eigenvalue weighted by Gasteiger charge is 2.24. The number of ether oxygens (including phenoxy) is 1. The van der Waals surface area contributed by atoms with Crippen LogP contribution in [0.1, 0.15) is 38.1 Å². The zero-order chi connectivity index (χ0) is 18.8. The van der Waals surface area contributed by atoms with Gasteiger partial charge in [0.05, 0.1) is 12.7 Å². The third-order valence-electron chi connectivity index (χ3n) is 4.07. The first kappa shape index (κ1) is 17.9. The van der Waals surface area contributed by atoms with Crippen LogP contribution in [0.3, 0.4) is 0 Å². The molecular formula is C19H17NO5S. The zero-order valence-corrected chi connectivity index (χ0v) is 15.4. The highest BCUT2D eigenvalue weighted by molar-refractivity contribution is 7.16. The van der Waals surface area contributed by atoms with E-state index in [-0.39, 0.29) is 5.56 Å². The molecule has 6 nitrogen and oxygen atoms in total. The van der Waals surface area contributed by atoms with Crippen LogP contribution >= 0.6 is 11.3 Å². The third-order valence-corrected chi connectivity index (χ3v) is 5.13. The molecule has 2 aromatic heterocycles. The minimum atomic E-state index is -0.732. The fourth-order valence-electron chi connectivity index (χ4n) is 2.80. The molecule has 0 bridgehead atoms. The van der Waals surface area contributed by atoms with E-state index in [0.717, 1.165) is 10.4 Å². The number of rotatable bonds is 4. The Bertz CT molecular complexity index is 1060. The van der Waals surface area contributed by atoms with Gasteiger partial charge in [-0.15, -0.1) is 11.3 Å². The first-order chi connectivity index (χ1) is 12.5.